The fourth-order valence-electron chi connectivity index (χ4n) is 1.10. The zero-order valence-corrected chi connectivity index (χ0v) is 7.96. The zero-order chi connectivity index (χ0) is 8.85. The molecule has 0 fully saturated rings. The minimum atomic E-state index is 0. The Hall–Kier alpha value is -0.550. The first-order valence-corrected chi connectivity index (χ1v) is 4.25. The van der Waals surface area contributed by atoms with Crippen molar-refractivity contribution in [3.05, 3.63) is 0 Å². The van der Waals surface area contributed by atoms with Gasteiger partial charge in [-0.05, 0) is 27.3 Å². The highest BCUT2D eigenvalue weighted by Gasteiger charge is 2.09. The molecule has 0 saturated carbocycles. The van der Waals surface area contributed by atoms with Crippen LogP contribution in [-0.4, -0.2) is 24.0 Å². The van der Waals surface area contributed by atoms with E-state index in [1.54, 1.807) is 0 Å². The van der Waals surface area contributed by atoms with Crippen LogP contribution in [0, 0.1) is 17.2 Å². The maximum absolute atomic E-state index is 8.58. The highest BCUT2D eigenvalue weighted by molar-refractivity contribution is 4.81. The molecule has 0 rings (SSSR count). The summed E-state index contributed by atoms with van der Waals surface area (Å²) in [6, 6.07) is 2.79. The van der Waals surface area contributed by atoms with Gasteiger partial charge in [0.05, 0.1) is 12.0 Å². The molecule has 0 saturated heterocycles. The largest absolute Gasteiger partial charge is 0.300 e. The lowest BCUT2D eigenvalue weighted by Gasteiger charge is -2.25. The van der Waals surface area contributed by atoms with Gasteiger partial charge in [0, 0.05) is 12.6 Å². The Balaban J connectivity index is 0. The van der Waals surface area contributed by atoms with Gasteiger partial charge in [0.15, 0.2) is 0 Å². The summed E-state index contributed by atoms with van der Waals surface area (Å²) in [5, 5.41) is 8.58. The predicted octanol–water partition coefficient (Wildman–Crippen LogP) is 2.51. The Bertz CT molecular complexity index is 135. The molecule has 72 valence electrons. The lowest BCUT2D eigenvalue weighted by Crippen LogP contribution is -2.34. The third kappa shape index (κ3) is 5.15. The van der Waals surface area contributed by atoms with Crippen LogP contribution >= 0.6 is 0 Å². The van der Waals surface area contributed by atoms with Crippen LogP contribution in [0.25, 0.3) is 0 Å². The molecule has 0 aromatic heterocycles. The first kappa shape index (κ1) is 14.0. The van der Waals surface area contributed by atoms with E-state index in [0.717, 1.165) is 13.1 Å². The van der Waals surface area contributed by atoms with Crippen LogP contribution < -0.4 is 0 Å². The molecule has 12 heavy (non-hydrogen) atoms. The topological polar surface area (TPSA) is 27.0 Å². The van der Waals surface area contributed by atoms with E-state index >= 15 is 0 Å². The molecule has 0 aromatic carbocycles. The summed E-state index contributed by atoms with van der Waals surface area (Å²) in [6.07, 6.45) is 0. The van der Waals surface area contributed by atoms with E-state index < -0.39 is 0 Å². The summed E-state index contributed by atoms with van der Waals surface area (Å²) in [7, 11) is 0. The van der Waals surface area contributed by atoms with Gasteiger partial charge in [-0.2, -0.15) is 5.26 Å². The summed E-state index contributed by atoms with van der Waals surface area (Å²) < 4.78 is 0. The summed E-state index contributed by atoms with van der Waals surface area (Å²) in [5.74, 6) is 0.150. The van der Waals surface area contributed by atoms with Gasteiger partial charge < -0.3 is 0 Å². The molecular formula is C10H22N2. The molecular weight excluding hydrogens is 148 g/mol. The van der Waals surface area contributed by atoms with Crippen LogP contribution in [0.15, 0.2) is 0 Å². The lowest BCUT2D eigenvalue weighted by molar-refractivity contribution is 0.218. The molecule has 0 radical (unpaired) electrons. The van der Waals surface area contributed by atoms with Crippen LogP contribution in [0.1, 0.15) is 35.1 Å². The molecule has 0 aliphatic heterocycles. The van der Waals surface area contributed by atoms with Gasteiger partial charge in [0.25, 0.3) is 0 Å². The van der Waals surface area contributed by atoms with Gasteiger partial charge in [0.1, 0.15) is 0 Å². The van der Waals surface area contributed by atoms with Gasteiger partial charge >= 0.3 is 0 Å². The molecule has 0 aliphatic carbocycles. The molecule has 0 heterocycles. The average Bonchev–Trinajstić information content (AvgIpc) is 1.99. The van der Waals surface area contributed by atoms with E-state index in [0.29, 0.717) is 6.04 Å². The van der Waals surface area contributed by atoms with E-state index in [1.807, 2.05) is 6.92 Å². The molecule has 2 heteroatoms. The molecule has 2 nitrogen and oxygen atoms in total. The number of hydrogen-bond acceptors (Lipinski definition) is 2. The van der Waals surface area contributed by atoms with E-state index in [4.69, 9.17) is 5.26 Å². The van der Waals surface area contributed by atoms with Crippen LogP contribution in [0.5, 0.6) is 0 Å². The van der Waals surface area contributed by atoms with Crippen LogP contribution in [0.3, 0.4) is 0 Å². The smallest absolute Gasteiger partial charge is 0.0666 e. The van der Waals surface area contributed by atoms with E-state index in [-0.39, 0.29) is 13.3 Å². The molecule has 0 N–H and O–H groups in total. The Morgan fingerprint density at radius 3 is 2.08 bits per heavy atom. The third-order valence-electron chi connectivity index (χ3n) is 1.87. The summed E-state index contributed by atoms with van der Waals surface area (Å²) in [4.78, 5) is 2.30. The molecule has 1 atom stereocenters. The van der Waals surface area contributed by atoms with Crippen molar-refractivity contribution < 1.29 is 0 Å². The maximum Gasteiger partial charge on any atom is 0.0666 e. The van der Waals surface area contributed by atoms with E-state index in [1.165, 1.54) is 0 Å². The summed E-state index contributed by atoms with van der Waals surface area (Å²) >= 11 is 0. The number of rotatable bonds is 4. The molecule has 0 aliphatic rings. The lowest BCUT2D eigenvalue weighted by atomic mass is 10.2. The highest BCUT2D eigenvalue weighted by Crippen LogP contribution is 2.02. The predicted molar refractivity (Wildman–Crippen MR) is 53.9 cm³/mol. The number of nitrogens with zero attached hydrogens (tertiary/aromatic N) is 2. The Morgan fingerprint density at radius 1 is 1.33 bits per heavy atom. The van der Waals surface area contributed by atoms with Crippen molar-refractivity contribution >= 4 is 0 Å². The second kappa shape index (κ2) is 7.12. The van der Waals surface area contributed by atoms with Gasteiger partial charge in [-0.15, -0.1) is 0 Å². The molecule has 0 bridgehead atoms. The van der Waals surface area contributed by atoms with Crippen molar-refractivity contribution in [1.29, 1.82) is 5.26 Å². The monoisotopic (exact) mass is 170 g/mol. The quantitative estimate of drug-likeness (QED) is 0.648. The van der Waals surface area contributed by atoms with Crippen molar-refractivity contribution in [3.63, 3.8) is 0 Å². The van der Waals surface area contributed by atoms with Crippen LogP contribution in [0.2, 0.25) is 0 Å². The van der Waals surface area contributed by atoms with Crippen molar-refractivity contribution in [3.8, 4) is 6.07 Å². The van der Waals surface area contributed by atoms with Gasteiger partial charge in [-0.1, -0.05) is 14.4 Å². The molecule has 1 unspecified atom stereocenters. The normalized spacial score (nSPS) is 12.4. The Morgan fingerprint density at radius 2 is 1.83 bits per heavy atom. The standard InChI is InChI=1S/C9H18N2.CH4/c1-5-11(8(2)3)7-9(4)6-10;/h8-9H,5,7H2,1-4H3;1H4. The van der Waals surface area contributed by atoms with Gasteiger partial charge in [0.2, 0.25) is 0 Å². The maximum atomic E-state index is 8.58. The van der Waals surface area contributed by atoms with Crippen molar-refractivity contribution in [1.82, 2.24) is 4.90 Å². The minimum Gasteiger partial charge on any atom is -0.300 e. The highest BCUT2D eigenvalue weighted by atomic mass is 15.1. The van der Waals surface area contributed by atoms with Crippen LogP contribution in [0.4, 0.5) is 0 Å². The van der Waals surface area contributed by atoms with E-state index in [2.05, 4.69) is 31.7 Å². The second-order valence-electron chi connectivity index (χ2n) is 3.21. The second-order valence-corrected chi connectivity index (χ2v) is 3.21. The van der Waals surface area contributed by atoms with E-state index in [9.17, 15) is 0 Å². The van der Waals surface area contributed by atoms with Crippen molar-refractivity contribution in [2.24, 2.45) is 5.92 Å². The number of nitriles is 1. The Kier molecular flexibility index (Phi) is 8.31. The first-order chi connectivity index (χ1) is 5.11. The van der Waals surface area contributed by atoms with Crippen molar-refractivity contribution in [2.75, 3.05) is 13.1 Å². The third-order valence-corrected chi connectivity index (χ3v) is 1.87. The fraction of sp³-hybridized carbons (Fsp3) is 0.900. The Labute approximate surface area is 77.2 Å². The first-order valence-electron chi connectivity index (χ1n) is 4.25. The number of hydrogen-bond donors (Lipinski definition) is 0. The summed E-state index contributed by atoms with van der Waals surface area (Å²) in [6.45, 7) is 10.3. The molecule has 0 amide bonds. The van der Waals surface area contributed by atoms with Gasteiger partial charge in [-0.3, -0.25) is 4.90 Å². The molecule has 0 aromatic rings. The van der Waals surface area contributed by atoms with Gasteiger partial charge in [-0.25, -0.2) is 0 Å². The SMILES string of the molecule is C.CCN(CC(C)C#N)C(C)C. The minimum absolute atomic E-state index is 0. The molecule has 0 spiro atoms. The summed E-state index contributed by atoms with van der Waals surface area (Å²) in [5.41, 5.74) is 0. The van der Waals surface area contributed by atoms with Crippen molar-refractivity contribution in [2.45, 2.75) is 41.2 Å². The zero-order valence-electron chi connectivity index (χ0n) is 7.96. The van der Waals surface area contributed by atoms with Crippen LogP contribution in [-0.2, 0) is 0 Å². The fourth-order valence-corrected chi connectivity index (χ4v) is 1.10. The average molecular weight is 170 g/mol.